The number of rotatable bonds is 7. The number of hydrogen-bond acceptors (Lipinski definition) is 3. The summed E-state index contributed by atoms with van der Waals surface area (Å²) in [5.41, 5.74) is -0.169. The summed E-state index contributed by atoms with van der Waals surface area (Å²) in [7, 11) is 0. The quantitative estimate of drug-likeness (QED) is 0.803. The maximum atomic E-state index is 13.1. The summed E-state index contributed by atoms with van der Waals surface area (Å²) in [6.45, 7) is 4.24. The summed E-state index contributed by atoms with van der Waals surface area (Å²) in [6.07, 6.45) is 2.72. The zero-order valence-electron chi connectivity index (χ0n) is 14.5. The second-order valence-corrected chi connectivity index (χ2v) is 6.90. The third-order valence-corrected chi connectivity index (χ3v) is 4.77. The Hall–Kier alpha value is -1.46. The molecule has 2 N–H and O–H groups in total. The number of benzene rings is 1. The minimum Gasteiger partial charge on any atom is -0.391 e. The minimum absolute atomic E-state index is 0.0685. The number of carbonyl (C=O) groups excluding carboxylic acids is 1. The standard InChI is InChI=1S/C19H28FNO3/c1-3-9-19(24,10-4-2)12-18(23)21-13-16(22)11-17(21)14-5-7-15(20)8-6-14/h5-8,16-17,22,24H,3-4,9-13H2,1-2H3/t16-,17-/m1/s1. The molecule has 1 aliphatic rings. The van der Waals surface area contributed by atoms with Crippen LogP contribution in [-0.4, -0.2) is 39.3 Å². The Balaban J connectivity index is 2.15. The second-order valence-electron chi connectivity index (χ2n) is 6.90. The number of nitrogens with zero attached hydrogens (tertiary/aromatic N) is 1. The summed E-state index contributed by atoms with van der Waals surface area (Å²) >= 11 is 0. The Morgan fingerprint density at radius 3 is 2.38 bits per heavy atom. The minimum atomic E-state index is -0.985. The molecule has 5 heteroatoms. The van der Waals surface area contributed by atoms with Crippen LogP contribution in [0.1, 0.15) is 64.0 Å². The van der Waals surface area contributed by atoms with E-state index in [9.17, 15) is 19.4 Å². The Morgan fingerprint density at radius 1 is 1.25 bits per heavy atom. The number of β-amino-alcohol motifs (C(OH)–C–C–N with tert-alkyl or cyclic N) is 1. The van der Waals surface area contributed by atoms with Crippen LogP contribution in [-0.2, 0) is 4.79 Å². The number of aliphatic hydroxyl groups is 2. The zero-order valence-corrected chi connectivity index (χ0v) is 14.5. The molecule has 1 fully saturated rings. The lowest BCUT2D eigenvalue weighted by Gasteiger charge is -2.31. The lowest BCUT2D eigenvalue weighted by molar-refractivity contribution is -0.138. The molecule has 1 aromatic rings. The van der Waals surface area contributed by atoms with Gasteiger partial charge >= 0.3 is 0 Å². The zero-order chi connectivity index (χ0) is 17.7. The average Bonchev–Trinajstić information content (AvgIpc) is 2.90. The molecule has 2 rings (SSSR count). The third kappa shape index (κ3) is 4.54. The van der Waals surface area contributed by atoms with Gasteiger partial charge in [-0.3, -0.25) is 4.79 Å². The van der Waals surface area contributed by atoms with Crippen molar-refractivity contribution in [2.45, 2.75) is 70.1 Å². The van der Waals surface area contributed by atoms with E-state index >= 15 is 0 Å². The Bertz CT molecular complexity index is 540. The third-order valence-electron chi connectivity index (χ3n) is 4.77. The molecule has 1 aromatic carbocycles. The number of carbonyl (C=O) groups is 1. The average molecular weight is 337 g/mol. The van der Waals surface area contributed by atoms with Gasteiger partial charge in [-0.25, -0.2) is 4.39 Å². The van der Waals surface area contributed by atoms with Crippen LogP contribution in [0.5, 0.6) is 0 Å². The lowest BCUT2D eigenvalue weighted by Crippen LogP contribution is -2.39. The predicted octanol–water partition coefficient (Wildman–Crippen LogP) is 3.18. The van der Waals surface area contributed by atoms with Crippen molar-refractivity contribution >= 4 is 5.91 Å². The molecule has 1 amide bonds. The highest BCUT2D eigenvalue weighted by Gasteiger charge is 2.38. The molecule has 0 bridgehead atoms. The first-order chi connectivity index (χ1) is 11.4. The van der Waals surface area contributed by atoms with Crippen molar-refractivity contribution in [3.05, 3.63) is 35.6 Å². The summed E-state index contributed by atoms with van der Waals surface area (Å²) in [4.78, 5) is 14.4. The molecular weight excluding hydrogens is 309 g/mol. The highest BCUT2D eigenvalue weighted by Crippen LogP contribution is 2.34. The van der Waals surface area contributed by atoms with Gasteiger partial charge in [0.25, 0.3) is 0 Å². The van der Waals surface area contributed by atoms with Gasteiger partial charge in [0.15, 0.2) is 0 Å². The van der Waals surface area contributed by atoms with E-state index in [0.717, 1.165) is 18.4 Å². The molecule has 0 spiro atoms. The van der Waals surface area contributed by atoms with Crippen molar-refractivity contribution in [2.24, 2.45) is 0 Å². The monoisotopic (exact) mass is 337 g/mol. The maximum Gasteiger partial charge on any atom is 0.226 e. The van der Waals surface area contributed by atoms with Crippen LogP contribution in [0, 0.1) is 5.82 Å². The van der Waals surface area contributed by atoms with Crippen LogP contribution < -0.4 is 0 Å². The number of aliphatic hydroxyl groups excluding tert-OH is 1. The molecule has 0 radical (unpaired) electrons. The van der Waals surface area contributed by atoms with Gasteiger partial charge in [0.05, 0.1) is 24.2 Å². The number of likely N-dealkylation sites (tertiary alicyclic amines) is 1. The topological polar surface area (TPSA) is 60.8 Å². The van der Waals surface area contributed by atoms with Crippen molar-refractivity contribution in [1.82, 2.24) is 4.90 Å². The molecule has 0 aliphatic carbocycles. The molecule has 4 nitrogen and oxygen atoms in total. The van der Waals surface area contributed by atoms with Crippen LogP contribution in [0.3, 0.4) is 0 Å². The number of halogens is 1. The number of amides is 1. The first kappa shape index (κ1) is 18.9. The van der Waals surface area contributed by atoms with Gasteiger partial charge in [0.2, 0.25) is 5.91 Å². The molecule has 1 aliphatic heterocycles. The Morgan fingerprint density at radius 2 is 1.83 bits per heavy atom. The molecular formula is C19H28FNO3. The summed E-state index contributed by atoms with van der Waals surface area (Å²) in [5.74, 6) is -0.472. The number of hydrogen-bond donors (Lipinski definition) is 2. The van der Waals surface area contributed by atoms with Crippen molar-refractivity contribution < 1.29 is 19.4 Å². The van der Waals surface area contributed by atoms with E-state index in [4.69, 9.17) is 0 Å². The maximum absolute atomic E-state index is 13.1. The van der Waals surface area contributed by atoms with Crippen molar-refractivity contribution in [3.8, 4) is 0 Å². The van der Waals surface area contributed by atoms with Crippen LogP contribution in [0.25, 0.3) is 0 Å². The van der Waals surface area contributed by atoms with Crippen molar-refractivity contribution in [1.29, 1.82) is 0 Å². The molecule has 0 aromatic heterocycles. The van der Waals surface area contributed by atoms with E-state index in [0.29, 0.717) is 19.3 Å². The molecule has 0 unspecified atom stereocenters. The van der Waals surface area contributed by atoms with Crippen molar-refractivity contribution in [2.75, 3.05) is 6.54 Å². The first-order valence-corrected chi connectivity index (χ1v) is 8.84. The molecule has 1 heterocycles. The van der Waals surface area contributed by atoms with Crippen molar-refractivity contribution in [3.63, 3.8) is 0 Å². The predicted molar refractivity (Wildman–Crippen MR) is 90.9 cm³/mol. The van der Waals surface area contributed by atoms with E-state index in [1.165, 1.54) is 12.1 Å². The van der Waals surface area contributed by atoms with Gasteiger partial charge in [-0.05, 0) is 37.0 Å². The van der Waals surface area contributed by atoms with Crippen LogP contribution in [0.2, 0.25) is 0 Å². The molecule has 0 saturated carbocycles. The first-order valence-electron chi connectivity index (χ1n) is 8.84. The van der Waals surface area contributed by atoms with Gasteiger partial charge in [-0.15, -0.1) is 0 Å². The highest BCUT2D eigenvalue weighted by molar-refractivity contribution is 5.78. The molecule has 24 heavy (non-hydrogen) atoms. The van der Waals surface area contributed by atoms with E-state index in [-0.39, 0.29) is 30.7 Å². The van der Waals surface area contributed by atoms with Crippen LogP contribution >= 0.6 is 0 Å². The smallest absolute Gasteiger partial charge is 0.226 e. The SMILES string of the molecule is CCCC(O)(CCC)CC(=O)N1C[C@H](O)C[C@@H]1c1ccc(F)cc1. The second kappa shape index (κ2) is 8.08. The Labute approximate surface area is 143 Å². The molecule has 1 saturated heterocycles. The van der Waals surface area contributed by atoms with E-state index in [1.54, 1.807) is 17.0 Å². The molecule has 2 atom stereocenters. The van der Waals surface area contributed by atoms with E-state index in [2.05, 4.69) is 0 Å². The van der Waals surface area contributed by atoms with E-state index in [1.807, 2.05) is 13.8 Å². The fraction of sp³-hybridized carbons (Fsp3) is 0.632. The van der Waals surface area contributed by atoms with Crippen LogP contribution in [0.4, 0.5) is 4.39 Å². The summed E-state index contributed by atoms with van der Waals surface area (Å²) in [5, 5.41) is 20.8. The molecule has 134 valence electrons. The highest BCUT2D eigenvalue weighted by atomic mass is 19.1. The van der Waals surface area contributed by atoms with Crippen LogP contribution in [0.15, 0.2) is 24.3 Å². The largest absolute Gasteiger partial charge is 0.391 e. The van der Waals surface area contributed by atoms with E-state index < -0.39 is 11.7 Å². The Kier molecular flexibility index (Phi) is 6.35. The van der Waals surface area contributed by atoms with Gasteiger partial charge in [0.1, 0.15) is 5.82 Å². The van der Waals surface area contributed by atoms with Gasteiger partial charge in [-0.1, -0.05) is 38.8 Å². The normalized spacial score (nSPS) is 21.3. The fourth-order valence-corrected chi connectivity index (χ4v) is 3.71. The van der Waals surface area contributed by atoms with Gasteiger partial charge in [-0.2, -0.15) is 0 Å². The van der Waals surface area contributed by atoms with Gasteiger partial charge in [0, 0.05) is 6.54 Å². The lowest BCUT2D eigenvalue weighted by atomic mass is 9.88. The summed E-state index contributed by atoms with van der Waals surface area (Å²) < 4.78 is 13.1. The summed E-state index contributed by atoms with van der Waals surface area (Å²) in [6, 6.07) is 5.78. The fourth-order valence-electron chi connectivity index (χ4n) is 3.71. The van der Waals surface area contributed by atoms with Gasteiger partial charge < -0.3 is 15.1 Å².